The van der Waals surface area contributed by atoms with E-state index in [1.807, 2.05) is 24.4 Å². The van der Waals surface area contributed by atoms with Gasteiger partial charge in [-0.1, -0.05) is 6.42 Å². The lowest BCUT2D eigenvalue weighted by Gasteiger charge is -2.26. The Morgan fingerprint density at radius 1 is 1.14 bits per heavy atom. The normalized spacial score (nSPS) is 16.2. The molecule has 5 heteroatoms. The smallest absolute Gasteiger partial charge is 0.143 e. The van der Waals surface area contributed by atoms with Crippen LogP contribution in [-0.4, -0.2) is 49.2 Å². The van der Waals surface area contributed by atoms with Crippen LogP contribution in [0.2, 0.25) is 0 Å². The number of hydrogen-bond donors (Lipinski definition) is 3. The van der Waals surface area contributed by atoms with E-state index in [4.69, 9.17) is 10.5 Å². The largest absolute Gasteiger partial charge is 0.490 e. The maximum absolute atomic E-state index is 5.94. The highest BCUT2D eigenvalue weighted by molar-refractivity contribution is 5.94. The van der Waals surface area contributed by atoms with Crippen molar-refractivity contribution in [2.45, 2.75) is 19.3 Å². The number of piperidine rings is 1. The van der Waals surface area contributed by atoms with Crippen molar-refractivity contribution in [3.63, 3.8) is 0 Å². The Morgan fingerprint density at radius 3 is 2.86 bits per heavy atom. The lowest BCUT2D eigenvalue weighted by molar-refractivity contribution is 0.226. The zero-order valence-corrected chi connectivity index (χ0v) is 13.1. The molecule has 0 radical (unpaired) electrons. The van der Waals surface area contributed by atoms with Crippen LogP contribution in [-0.2, 0) is 0 Å². The number of hydrogen-bond acceptors (Lipinski definition) is 4. The SMILES string of the molecule is Nc1ccc(OCCNCCN2CCCCC2)c2[nH]ccc12. The molecule has 0 saturated carbocycles. The molecule has 0 amide bonds. The van der Waals surface area contributed by atoms with Gasteiger partial charge in [-0.2, -0.15) is 0 Å². The number of rotatable bonds is 7. The Bertz CT molecular complexity index is 589. The van der Waals surface area contributed by atoms with Gasteiger partial charge in [0, 0.05) is 36.9 Å². The Kier molecular flexibility index (Phi) is 5.19. The minimum absolute atomic E-state index is 0.665. The number of ether oxygens (including phenoxy) is 1. The van der Waals surface area contributed by atoms with Crippen molar-refractivity contribution in [3.05, 3.63) is 24.4 Å². The van der Waals surface area contributed by atoms with Crippen LogP contribution in [0.1, 0.15) is 19.3 Å². The highest BCUT2D eigenvalue weighted by atomic mass is 16.5. The van der Waals surface area contributed by atoms with Crippen molar-refractivity contribution >= 4 is 16.6 Å². The van der Waals surface area contributed by atoms with Gasteiger partial charge in [0.1, 0.15) is 12.4 Å². The molecule has 1 aromatic heterocycles. The van der Waals surface area contributed by atoms with Crippen molar-refractivity contribution in [3.8, 4) is 5.75 Å². The minimum Gasteiger partial charge on any atom is -0.490 e. The second-order valence-corrected chi connectivity index (χ2v) is 5.92. The first-order valence-electron chi connectivity index (χ1n) is 8.26. The van der Waals surface area contributed by atoms with E-state index in [9.17, 15) is 0 Å². The molecule has 1 fully saturated rings. The van der Waals surface area contributed by atoms with Crippen molar-refractivity contribution in [1.29, 1.82) is 0 Å². The lowest BCUT2D eigenvalue weighted by Crippen LogP contribution is -2.36. The van der Waals surface area contributed by atoms with E-state index in [0.717, 1.165) is 42.0 Å². The van der Waals surface area contributed by atoms with E-state index in [-0.39, 0.29) is 0 Å². The van der Waals surface area contributed by atoms with Crippen LogP contribution < -0.4 is 15.8 Å². The average Bonchev–Trinajstić information content (AvgIpc) is 3.04. The van der Waals surface area contributed by atoms with Crippen LogP contribution in [0, 0.1) is 0 Å². The first-order chi connectivity index (χ1) is 10.8. The molecule has 4 N–H and O–H groups in total. The second-order valence-electron chi connectivity index (χ2n) is 5.92. The van der Waals surface area contributed by atoms with Crippen molar-refractivity contribution < 1.29 is 4.74 Å². The number of anilines is 1. The number of nitrogens with one attached hydrogen (secondary N) is 2. The van der Waals surface area contributed by atoms with E-state index in [1.54, 1.807) is 0 Å². The summed E-state index contributed by atoms with van der Waals surface area (Å²) >= 11 is 0. The quantitative estimate of drug-likeness (QED) is 0.542. The van der Waals surface area contributed by atoms with Crippen LogP contribution in [0.4, 0.5) is 5.69 Å². The van der Waals surface area contributed by atoms with Gasteiger partial charge in [-0.25, -0.2) is 0 Å². The molecule has 2 aromatic rings. The number of nitrogen functional groups attached to an aromatic ring is 1. The molecular formula is C17H26N4O. The van der Waals surface area contributed by atoms with Gasteiger partial charge in [-0.05, 0) is 44.1 Å². The Morgan fingerprint density at radius 2 is 2.00 bits per heavy atom. The average molecular weight is 302 g/mol. The first-order valence-corrected chi connectivity index (χ1v) is 8.26. The molecule has 1 aromatic carbocycles. The Balaban J connectivity index is 1.37. The van der Waals surface area contributed by atoms with Crippen molar-refractivity contribution in [1.82, 2.24) is 15.2 Å². The predicted octanol–water partition coefficient (Wildman–Crippen LogP) is 2.20. The van der Waals surface area contributed by atoms with Crippen LogP contribution in [0.5, 0.6) is 5.75 Å². The monoisotopic (exact) mass is 302 g/mol. The first kappa shape index (κ1) is 15.2. The van der Waals surface area contributed by atoms with Gasteiger partial charge >= 0.3 is 0 Å². The van der Waals surface area contributed by atoms with Crippen LogP contribution >= 0.6 is 0 Å². The van der Waals surface area contributed by atoms with E-state index in [2.05, 4.69) is 15.2 Å². The van der Waals surface area contributed by atoms with Gasteiger partial charge in [0.2, 0.25) is 0 Å². The number of likely N-dealkylation sites (tertiary alicyclic amines) is 1. The van der Waals surface area contributed by atoms with Crippen LogP contribution in [0.15, 0.2) is 24.4 Å². The molecular weight excluding hydrogens is 276 g/mol. The molecule has 3 rings (SSSR count). The Labute approximate surface area is 131 Å². The highest BCUT2D eigenvalue weighted by Crippen LogP contribution is 2.28. The number of H-pyrrole nitrogens is 1. The number of nitrogens with two attached hydrogens (primary N) is 1. The fourth-order valence-electron chi connectivity index (χ4n) is 3.05. The molecule has 0 atom stereocenters. The highest BCUT2D eigenvalue weighted by Gasteiger charge is 2.09. The van der Waals surface area contributed by atoms with Gasteiger partial charge in [0.15, 0.2) is 0 Å². The molecule has 120 valence electrons. The Hall–Kier alpha value is -1.72. The summed E-state index contributed by atoms with van der Waals surface area (Å²) in [6.07, 6.45) is 6.00. The maximum atomic E-state index is 5.94. The van der Waals surface area contributed by atoms with Gasteiger partial charge in [-0.15, -0.1) is 0 Å². The van der Waals surface area contributed by atoms with Crippen molar-refractivity contribution in [2.24, 2.45) is 0 Å². The zero-order valence-electron chi connectivity index (χ0n) is 13.1. The number of aromatic nitrogens is 1. The molecule has 5 nitrogen and oxygen atoms in total. The zero-order chi connectivity index (χ0) is 15.2. The molecule has 0 bridgehead atoms. The van der Waals surface area contributed by atoms with E-state index < -0.39 is 0 Å². The topological polar surface area (TPSA) is 66.3 Å². The predicted molar refractivity (Wildman–Crippen MR) is 91.4 cm³/mol. The third-order valence-electron chi connectivity index (χ3n) is 4.31. The third kappa shape index (κ3) is 3.72. The van der Waals surface area contributed by atoms with E-state index in [1.165, 1.54) is 32.4 Å². The summed E-state index contributed by atoms with van der Waals surface area (Å²) in [5, 5.41) is 4.48. The molecule has 1 aliphatic rings. The summed E-state index contributed by atoms with van der Waals surface area (Å²) in [6, 6.07) is 5.81. The summed E-state index contributed by atoms with van der Waals surface area (Å²) in [5.41, 5.74) is 7.70. The summed E-state index contributed by atoms with van der Waals surface area (Å²) < 4.78 is 5.86. The summed E-state index contributed by atoms with van der Waals surface area (Å²) in [5.74, 6) is 0.868. The summed E-state index contributed by atoms with van der Waals surface area (Å²) in [4.78, 5) is 5.73. The van der Waals surface area contributed by atoms with E-state index in [0.29, 0.717) is 6.61 Å². The fraction of sp³-hybridized carbons (Fsp3) is 0.529. The summed E-state index contributed by atoms with van der Waals surface area (Å²) in [6.45, 7) is 6.22. The standard InChI is InChI=1S/C17H26N4O/c18-15-4-5-16(17-14(15)6-7-20-17)22-13-9-19-8-12-21-10-2-1-3-11-21/h4-7,19-20H,1-3,8-13,18H2. The van der Waals surface area contributed by atoms with E-state index >= 15 is 0 Å². The molecule has 22 heavy (non-hydrogen) atoms. The molecule has 1 aliphatic heterocycles. The number of fused-ring (bicyclic) bond motifs is 1. The molecule has 0 unspecified atom stereocenters. The van der Waals surface area contributed by atoms with Gasteiger partial charge in [0.05, 0.1) is 5.52 Å². The molecule has 0 spiro atoms. The molecule has 2 heterocycles. The number of nitrogens with zero attached hydrogens (tertiary/aromatic N) is 1. The van der Waals surface area contributed by atoms with Crippen LogP contribution in [0.3, 0.4) is 0 Å². The number of benzene rings is 1. The van der Waals surface area contributed by atoms with Crippen molar-refractivity contribution in [2.75, 3.05) is 45.1 Å². The minimum atomic E-state index is 0.665. The van der Waals surface area contributed by atoms with Gasteiger partial charge in [-0.3, -0.25) is 0 Å². The fourth-order valence-corrected chi connectivity index (χ4v) is 3.05. The third-order valence-corrected chi connectivity index (χ3v) is 4.31. The summed E-state index contributed by atoms with van der Waals surface area (Å²) in [7, 11) is 0. The lowest BCUT2D eigenvalue weighted by atomic mass is 10.1. The maximum Gasteiger partial charge on any atom is 0.143 e. The molecule has 0 aliphatic carbocycles. The van der Waals surface area contributed by atoms with Gasteiger partial charge in [0.25, 0.3) is 0 Å². The van der Waals surface area contributed by atoms with Gasteiger partial charge < -0.3 is 25.7 Å². The van der Waals surface area contributed by atoms with Crippen LogP contribution in [0.25, 0.3) is 10.9 Å². The second kappa shape index (κ2) is 7.51. The number of aromatic amines is 1. The molecule has 1 saturated heterocycles.